The number of carbonyl (C=O) groups is 1. The number of hydrogen-bond acceptors (Lipinski definition) is 7. The molecule has 36 heavy (non-hydrogen) atoms. The number of hydrogen-bond donors (Lipinski definition) is 1. The molecule has 0 radical (unpaired) electrons. The molecule has 1 aromatic carbocycles. The van der Waals surface area contributed by atoms with E-state index >= 15 is 0 Å². The van der Waals surface area contributed by atoms with Crippen molar-refractivity contribution in [2.75, 3.05) is 50.8 Å². The average Bonchev–Trinajstić information content (AvgIpc) is 2.89. The van der Waals surface area contributed by atoms with Crippen molar-refractivity contribution >= 4 is 17.3 Å². The third kappa shape index (κ3) is 4.08. The normalized spacial score (nSPS) is 26.9. The second-order valence-electron chi connectivity index (χ2n) is 10.4. The van der Waals surface area contributed by atoms with Crippen LogP contribution in [0.1, 0.15) is 23.6 Å². The van der Waals surface area contributed by atoms with Gasteiger partial charge >= 0.3 is 0 Å². The van der Waals surface area contributed by atoms with Crippen LogP contribution in [0.25, 0.3) is 0 Å². The van der Waals surface area contributed by atoms with Gasteiger partial charge in [-0.1, -0.05) is 6.07 Å². The Morgan fingerprint density at radius 1 is 1.17 bits per heavy atom. The summed E-state index contributed by atoms with van der Waals surface area (Å²) in [7, 11) is 0. The number of benzene rings is 1. The van der Waals surface area contributed by atoms with Crippen molar-refractivity contribution in [1.82, 2.24) is 14.8 Å². The van der Waals surface area contributed by atoms with Crippen molar-refractivity contribution in [3.8, 4) is 0 Å². The molecule has 2 bridgehead atoms. The summed E-state index contributed by atoms with van der Waals surface area (Å²) in [6.07, 6.45) is 1.39. The maximum Gasteiger partial charge on any atom is 0.269 e. The number of fused-ring (bicyclic) bond motifs is 8. The van der Waals surface area contributed by atoms with Crippen LogP contribution in [0.15, 0.2) is 41.2 Å². The van der Waals surface area contributed by atoms with Gasteiger partial charge in [0.1, 0.15) is 0 Å². The summed E-state index contributed by atoms with van der Waals surface area (Å²) in [5.41, 5.74) is 2.92. The van der Waals surface area contributed by atoms with Gasteiger partial charge in [-0.05, 0) is 36.5 Å². The maximum atomic E-state index is 13.6. The molecular weight excluding hydrogens is 462 g/mol. The Balaban J connectivity index is 1.30. The lowest BCUT2D eigenvalue weighted by Gasteiger charge is -2.54. The maximum absolute atomic E-state index is 13.6. The highest BCUT2D eigenvalue weighted by Gasteiger charge is 2.49. The molecule has 2 aromatic rings. The fourth-order valence-electron chi connectivity index (χ4n) is 6.74. The summed E-state index contributed by atoms with van der Waals surface area (Å²) in [5, 5.41) is 14.6. The number of nitrogens with zero attached hydrogens (tertiary/aromatic N) is 4. The number of nitro groups is 1. The highest BCUT2D eigenvalue weighted by atomic mass is 16.6. The quantitative estimate of drug-likeness (QED) is 0.495. The van der Waals surface area contributed by atoms with Crippen molar-refractivity contribution < 1.29 is 14.5 Å². The first-order valence-corrected chi connectivity index (χ1v) is 12.8. The average molecular weight is 494 g/mol. The van der Waals surface area contributed by atoms with E-state index in [0.717, 1.165) is 43.0 Å². The molecule has 10 heteroatoms. The molecule has 4 aliphatic rings. The van der Waals surface area contributed by atoms with E-state index in [9.17, 15) is 19.7 Å². The number of nitro benzene ring substituents is 1. The van der Waals surface area contributed by atoms with Gasteiger partial charge in [0.15, 0.2) is 0 Å². The monoisotopic (exact) mass is 493 g/mol. The summed E-state index contributed by atoms with van der Waals surface area (Å²) >= 11 is 0. The fraction of sp³-hybridized carbons (Fsp3) is 0.538. The number of morpholine rings is 1. The molecule has 4 atom stereocenters. The van der Waals surface area contributed by atoms with Crippen LogP contribution < -0.4 is 15.8 Å². The van der Waals surface area contributed by atoms with E-state index in [2.05, 4.69) is 15.1 Å². The number of aromatic nitrogens is 1. The highest BCUT2D eigenvalue weighted by Crippen LogP contribution is 2.47. The first-order chi connectivity index (χ1) is 17.5. The van der Waals surface area contributed by atoms with Crippen LogP contribution in [0.3, 0.4) is 0 Å². The second kappa shape index (κ2) is 9.33. The Kier molecular flexibility index (Phi) is 6.00. The Hall–Kier alpha value is -3.24. The number of nitrogens with one attached hydrogen (secondary N) is 1. The van der Waals surface area contributed by atoms with Gasteiger partial charge in [0.05, 0.1) is 24.1 Å². The lowest BCUT2D eigenvalue weighted by atomic mass is 9.70. The predicted octanol–water partition coefficient (Wildman–Crippen LogP) is 1.37. The molecule has 0 aliphatic carbocycles. The van der Waals surface area contributed by atoms with E-state index in [4.69, 9.17) is 4.74 Å². The highest BCUT2D eigenvalue weighted by molar-refractivity contribution is 5.82. The molecule has 5 heterocycles. The van der Waals surface area contributed by atoms with Crippen LogP contribution in [0.4, 0.5) is 11.4 Å². The molecule has 2 saturated heterocycles. The van der Waals surface area contributed by atoms with E-state index in [-0.39, 0.29) is 45.9 Å². The van der Waals surface area contributed by atoms with Crippen LogP contribution in [-0.4, -0.2) is 72.3 Å². The summed E-state index contributed by atoms with van der Waals surface area (Å²) in [6.45, 7) is 5.76. The molecule has 6 rings (SSSR count). The first kappa shape index (κ1) is 23.2. The minimum atomic E-state index is -0.378. The summed E-state index contributed by atoms with van der Waals surface area (Å²) in [4.78, 5) is 41.9. The third-order valence-electron chi connectivity index (χ3n) is 8.37. The predicted molar refractivity (Wildman–Crippen MR) is 133 cm³/mol. The van der Waals surface area contributed by atoms with E-state index < -0.39 is 0 Å². The van der Waals surface area contributed by atoms with Gasteiger partial charge < -0.3 is 19.5 Å². The summed E-state index contributed by atoms with van der Waals surface area (Å²) in [6, 6.07) is 10.4. The Morgan fingerprint density at radius 3 is 2.81 bits per heavy atom. The first-order valence-electron chi connectivity index (χ1n) is 12.8. The topological polar surface area (TPSA) is 110 Å². The van der Waals surface area contributed by atoms with Crippen molar-refractivity contribution in [2.24, 2.45) is 11.8 Å². The number of amides is 1. The van der Waals surface area contributed by atoms with Crippen molar-refractivity contribution in [2.45, 2.75) is 31.3 Å². The molecule has 0 spiro atoms. The van der Waals surface area contributed by atoms with Gasteiger partial charge in [-0.15, -0.1) is 0 Å². The zero-order valence-corrected chi connectivity index (χ0v) is 20.2. The van der Waals surface area contributed by atoms with Gasteiger partial charge in [-0.3, -0.25) is 24.6 Å². The second-order valence-corrected chi connectivity index (χ2v) is 10.4. The molecule has 2 unspecified atom stereocenters. The zero-order valence-electron chi connectivity index (χ0n) is 20.2. The van der Waals surface area contributed by atoms with Gasteiger partial charge in [0.25, 0.3) is 11.2 Å². The zero-order chi connectivity index (χ0) is 24.8. The Labute approximate surface area is 209 Å². The van der Waals surface area contributed by atoms with E-state index in [1.165, 1.54) is 0 Å². The van der Waals surface area contributed by atoms with E-state index in [0.29, 0.717) is 39.3 Å². The van der Waals surface area contributed by atoms with Crippen LogP contribution in [0, 0.1) is 22.0 Å². The molecule has 1 aromatic heterocycles. The van der Waals surface area contributed by atoms with Crippen molar-refractivity contribution in [3.05, 3.63) is 68.1 Å². The molecule has 10 nitrogen and oxygen atoms in total. The summed E-state index contributed by atoms with van der Waals surface area (Å²) in [5.74, 6) is -0.0223. The fourth-order valence-corrected chi connectivity index (χ4v) is 6.74. The largest absolute Gasteiger partial charge is 0.379 e. The molecule has 2 fully saturated rings. The van der Waals surface area contributed by atoms with Gasteiger partial charge in [0.2, 0.25) is 5.91 Å². The van der Waals surface area contributed by atoms with Crippen LogP contribution >= 0.6 is 0 Å². The minimum absolute atomic E-state index is 0.00833. The van der Waals surface area contributed by atoms with Gasteiger partial charge in [-0.25, -0.2) is 0 Å². The number of non-ortho nitro benzene ring substituents is 1. The number of pyridine rings is 1. The molecule has 1 amide bonds. The van der Waals surface area contributed by atoms with Gasteiger partial charge in [-0.2, -0.15) is 0 Å². The summed E-state index contributed by atoms with van der Waals surface area (Å²) < 4.78 is 7.29. The standard InChI is InChI=1S/C26H31N5O5/c32-24-3-1-2-22-18-12-19(16-29(22)24)25-21(26(33)27-6-7-28-8-10-36-11-9-28)14-17-13-20(31(34)35)4-5-23(17)30(25)15-18/h1-5,13,18-19,21,25H,6-12,14-16H2,(H,27,33)/t18?,19?,21-,25+/m1/s1. The smallest absolute Gasteiger partial charge is 0.269 e. The Bertz CT molecular complexity index is 1240. The SMILES string of the molecule is O=C(NCCN1CCOCC1)[C@@H]1Cc2cc([N+](=O)[O-])ccc2N2CC3CC(Cn4c3cccc4=O)[C@@H]12. The molecule has 4 aliphatic heterocycles. The lowest BCUT2D eigenvalue weighted by Crippen LogP contribution is -2.61. The van der Waals surface area contributed by atoms with Crippen molar-refractivity contribution in [1.29, 1.82) is 0 Å². The number of carbonyl (C=O) groups excluding carboxylic acids is 1. The lowest BCUT2D eigenvalue weighted by molar-refractivity contribution is -0.384. The number of ether oxygens (including phenoxy) is 1. The van der Waals surface area contributed by atoms with Crippen LogP contribution in [-0.2, 0) is 22.5 Å². The molecule has 1 N–H and O–H groups in total. The number of piperidine rings is 1. The molecule has 0 saturated carbocycles. The number of anilines is 1. The molecular formula is C26H31N5O5. The van der Waals surface area contributed by atoms with Crippen molar-refractivity contribution in [3.63, 3.8) is 0 Å². The van der Waals surface area contributed by atoms with Crippen LogP contribution in [0.5, 0.6) is 0 Å². The number of rotatable bonds is 5. The van der Waals surface area contributed by atoms with Gasteiger partial charge in [0, 0.05) is 80.8 Å². The molecule has 190 valence electrons. The van der Waals surface area contributed by atoms with Crippen LogP contribution in [0.2, 0.25) is 0 Å². The van der Waals surface area contributed by atoms with E-state index in [1.54, 1.807) is 18.2 Å². The minimum Gasteiger partial charge on any atom is -0.379 e. The van der Waals surface area contributed by atoms with E-state index in [1.807, 2.05) is 22.8 Å². The Morgan fingerprint density at radius 2 is 2.00 bits per heavy atom. The third-order valence-corrected chi connectivity index (χ3v) is 8.37.